The molecule has 0 bridgehead atoms. The fourth-order valence-electron chi connectivity index (χ4n) is 2.49. The maximum atomic E-state index is 11.5. The smallest absolute Gasteiger partial charge is 0.357 e. The first-order valence-electron chi connectivity index (χ1n) is 6.99. The van der Waals surface area contributed by atoms with Crippen LogP contribution in [-0.2, 0) is 4.74 Å². The van der Waals surface area contributed by atoms with E-state index in [1.807, 2.05) is 0 Å². The van der Waals surface area contributed by atoms with Crippen LogP contribution >= 0.6 is 11.3 Å². The van der Waals surface area contributed by atoms with Crippen molar-refractivity contribution in [1.29, 1.82) is 0 Å². The van der Waals surface area contributed by atoms with E-state index in [9.17, 15) is 4.79 Å². The summed E-state index contributed by atoms with van der Waals surface area (Å²) in [6.45, 7) is 6.82. The van der Waals surface area contributed by atoms with Crippen molar-refractivity contribution in [3.63, 3.8) is 0 Å². The minimum atomic E-state index is -0.336. The minimum Gasteiger partial charge on any atom is -0.461 e. The van der Waals surface area contributed by atoms with Gasteiger partial charge in [0.05, 0.1) is 6.61 Å². The van der Waals surface area contributed by atoms with Crippen LogP contribution in [0.1, 0.15) is 50.5 Å². The Morgan fingerprint density at radius 1 is 1.47 bits per heavy atom. The van der Waals surface area contributed by atoms with Crippen molar-refractivity contribution in [2.75, 3.05) is 11.9 Å². The van der Waals surface area contributed by atoms with Gasteiger partial charge in [0.2, 0.25) is 0 Å². The lowest BCUT2D eigenvalue weighted by Crippen LogP contribution is -2.30. The third-order valence-electron chi connectivity index (χ3n) is 3.91. The molecule has 1 saturated carbocycles. The summed E-state index contributed by atoms with van der Waals surface area (Å²) < 4.78 is 4.94. The Kier molecular flexibility index (Phi) is 4.80. The number of hydrogen-bond donors (Lipinski definition) is 1. The van der Waals surface area contributed by atoms with Crippen LogP contribution in [0.3, 0.4) is 0 Å². The summed E-state index contributed by atoms with van der Waals surface area (Å²) in [7, 11) is 0. The minimum absolute atomic E-state index is 0.336. The van der Waals surface area contributed by atoms with Crippen molar-refractivity contribution < 1.29 is 9.53 Å². The number of rotatable bonds is 4. The number of nitrogens with one attached hydrogen (secondary N) is 1. The highest BCUT2D eigenvalue weighted by atomic mass is 32.1. The number of esters is 1. The summed E-state index contributed by atoms with van der Waals surface area (Å²) >= 11 is 1.48. The molecule has 0 radical (unpaired) electrons. The summed E-state index contributed by atoms with van der Waals surface area (Å²) in [6, 6.07) is 0.479. The lowest BCUT2D eigenvalue weighted by molar-refractivity contribution is 0.0520. The van der Waals surface area contributed by atoms with Crippen molar-refractivity contribution in [1.82, 2.24) is 4.98 Å². The third-order valence-corrected chi connectivity index (χ3v) is 4.69. The van der Waals surface area contributed by atoms with Gasteiger partial charge in [-0.2, -0.15) is 0 Å². The van der Waals surface area contributed by atoms with E-state index in [2.05, 4.69) is 24.1 Å². The molecule has 3 atom stereocenters. The Hall–Kier alpha value is -1.10. The molecule has 0 aromatic carbocycles. The molecule has 1 N–H and O–H groups in total. The van der Waals surface area contributed by atoms with E-state index in [1.165, 1.54) is 30.6 Å². The molecule has 2 rings (SSSR count). The van der Waals surface area contributed by atoms with Crippen molar-refractivity contribution >= 4 is 22.4 Å². The molecule has 1 aromatic heterocycles. The molecule has 1 heterocycles. The highest BCUT2D eigenvalue weighted by molar-refractivity contribution is 7.13. The van der Waals surface area contributed by atoms with Crippen LogP contribution in [0.5, 0.6) is 0 Å². The zero-order valence-electron chi connectivity index (χ0n) is 11.8. The molecular formula is C14H22N2O2S. The van der Waals surface area contributed by atoms with E-state index in [0.29, 0.717) is 18.3 Å². The SMILES string of the molecule is CCOC(=O)c1csc(NC2CCC(C)C(C)C2)n1. The molecular weight excluding hydrogens is 260 g/mol. The van der Waals surface area contributed by atoms with Crippen molar-refractivity contribution in [3.05, 3.63) is 11.1 Å². The second-order valence-corrected chi connectivity index (χ2v) is 6.23. The lowest BCUT2D eigenvalue weighted by Gasteiger charge is -2.32. The molecule has 0 spiro atoms. The first-order valence-corrected chi connectivity index (χ1v) is 7.87. The standard InChI is InChI=1S/C14H22N2O2S/c1-4-18-13(17)12-8-19-14(16-12)15-11-6-5-9(2)10(3)7-11/h8-11H,4-7H2,1-3H3,(H,15,16). The van der Waals surface area contributed by atoms with Crippen molar-refractivity contribution in [3.8, 4) is 0 Å². The number of hydrogen-bond acceptors (Lipinski definition) is 5. The highest BCUT2D eigenvalue weighted by Crippen LogP contribution is 2.31. The van der Waals surface area contributed by atoms with Gasteiger partial charge in [-0.25, -0.2) is 9.78 Å². The number of carbonyl (C=O) groups is 1. The summed E-state index contributed by atoms with van der Waals surface area (Å²) in [5, 5.41) is 6.04. The normalized spacial score (nSPS) is 27.0. The van der Waals surface area contributed by atoms with Gasteiger partial charge in [-0.3, -0.25) is 0 Å². The van der Waals surface area contributed by atoms with Gasteiger partial charge in [-0.1, -0.05) is 13.8 Å². The van der Waals surface area contributed by atoms with Crippen LogP contribution in [0, 0.1) is 11.8 Å². The van der Waals surface area contributed by atoms with Gasteiger partial charge >= 0.3 is 5.97 Å². The highest BCUT2D eigenvalue weighted by Gasteiger charge is 2.25. The molecule has 106 valence electrons. The number of aromatic nitrogens is 1. The van der Waals surface area contributed by atoms with E-state index < -0.39 is 0 Å². The average Bonchev–Trinajstić information content (AvgIpc) is 2.83. The van der Waals surface area contributed by atoms with E-state index in [1.54, 1.807) is 12.3 Å². The zero-order chi connectivity index (χ0) is 13.8. The number of ether oxygens (including phenoxy) is 1. The molecule has 19 heavy (non-hydrogen) atoms. The first-order chi connectivity index (χ1) is 9.10. The van der Waals surface area contributed by atoms with Crippen LogP contribution in [0.4, 0.5) is 5.13 Å². The molecule has 5 heteroatoms. The second-order valence-electron chi connectivity index (χ2n) is 5.37. The van der Waals surface area contributed by atoms with E-state index in [4.69, 9.17) is 4.74 Å². The average molecular weight is 282 g/mol. The third kappa shape index (κ3) is 3.69. The molecule has 1 aromatic rings. The van der Waals surface area contributed by atoms with E-state index in [-0.39, 0.29) is 5.97 Å². The Morgan fingerprint density at radius 3 is 2.95 bits per heavy atom. The van der Waals surface area contributed by atoms with Crippen molar-refractivity contribution in [2.45, 2.75) is 46.1 Å². The number of nitrogens with zero attached hydrogens (tertiary/aromatic N) is 1. The molecule has 0 amide bonds. The maximum absolute atomic E-state index is 11.5. The molecule has 3 unspecified atom stereocenters. The number of carbonyl (C=O) groups excluding carboxylic acids is 1. The quantitative estimate of drug-likeness (QED) is 0.858. The molecule has 1 aliphatic rings. The molecule has 4 nitrogen and oxygen atoms in total. The van der Waals surface area contributed by atoms with Crippen LogP contribution in [0.2, 0.25) is 0 Å². The maximum Gasteiger partial charge on any atom is 0.357 e. The second kappa shape index (κ2) is 6.37. The van der Waals surface area contributed by atoms with E-state index >= 15 is 0 Å². The van der Waals surface area contributed by atoms with Crippen LogP contribution in [0.15, 0.2) is 5.38 Å². The van der Waals surface area contributed by atoms with Gasteiger partial charge in [0.25, 0.3) is 0 Å². The fourth-order valence-corrected chi connectivity index (χ4v) is 3.25. The lowest BCUT2D eigenvalue weighted by atomic mass is 9.79. The van der Waals surface area contributed by atoms with Crippen LogP contribution in [0.25, 0.3) is 0 Å². The molecule has 1 fully saturated rings. The predicted octanol–water partition coefficient (Wildman–Crippen LogP) is 3.56. The Bertz CT molecular complexity index is 433. The van der Waals surface area contributed by atoms with Crippen LogP contribution in [-0.4, -0.2) is 23.6 Å². The Balaban J connectivity index is 1.91. The first kappa shape index (κ1) is 14.3. The molecule has 0 aliphatic heterocycles. The molecule has 1 aliphatic carbocycles. The summed E-state index contributed by atoms with van der Waals surface area (Å²) in [6.07, 6.45) is 3.62. The van der Waals surface area contributed by atoms with Gasteiger partial charge in [0.1, 0.15) is 0 Å². The van der Waals surface area contributed by atoms with Gasteiger partial charge in [-0.15, -0.1) is 11.3 Å². The summed E-state index contributed by atoms with van der Waals surface area (Å²) in [4.78, 5) is 15.8. The Morgan fingerprint density at radius 2 is 2.26 bits per heavy atom. The van der Waals surface area contributed by atoms with Gasteiger partial charge in [0, 0.05) is 11.4 Å². The van der Waals surface area contributed by atoms with E-state index in [0.717, 1.165) is 17.0 Å². The molecule has 0 saturated heterocycles. The van der Waals surface area contributed by atoms with Gasteiger partial charge in [-0.05, 0) is 38.0 Å². The topological polar surface area (TPSA) is 51.2 Å². The summed E-state index contributed by atoms with van der Waals surface area (Å²) in [5.41, 5.74) is 0.409. The largest absolute Gasteiger partial charge is 0.461 e. The number of anilines is 1. The summed E-state index contributed by atoms with van der Waals surface area (Å²) in [5.74, 6) is 1.22. The Labute approximate surface area is 118 Å². The monoisotopic (exact) mass is 282 g/mol. The fraction of sp³-hybridized carbons (Fsp3) is 0.714. The van der Waals surface area contributed by atoms with Crippen molar-refractivity contribution in [2.24, 2.45) is 11.8 Å². The predicted molar refractivity (Wildman–Crippen MR) is 77.7 cm³/mol. The van der Waals surface area contributed by atoms with Gasteiger partial charge < -0.3 is 10.1 Å². The van der Waals surface area contributed by atoms with Gasteiger partial charge in [0.15, 0.2) is 10.8 Å². The number of thiazole rings is 1. The zero-order valence-corrected chi connectivity index (χ0v) is 12.6. The van der Waals surface area contributed by atoms with Crippen LogP contribution < -0.4 is 5.32 Å².